The van der Waals surface area contributed by atoms with Crippen LogP contribution >= 0.6 is 39.9 Å². The molecule has 6 heteroatoms. The molecule has 2 heterocycles. The highest BCUT2D eigenvalue weighted by atomic mass is 79.9. The number of thioether (sulfide) groups is 1. The van der Waals surface area contributed by atoms with Gasteiger partial charge in [-0.15, -0.1) is 0 Å². The molecule has 0 bridgehead atoms. The van der Waals surface area contributed by atoms with Crippen LogP contribution in [0, 0.1) is 0 Å². The highest BCUT2D eigenvalue weighted by Crippen LogP contribution is 2.35. The lowest BCUT2D eigenvalue weighted by molar-refractivity contribution is -0.123. The summed E-state index contributed by atoms with van der Waals surface area (Å²) < 4.78 is 7.47. The molecule has 1 atom stereocenters. The zero-order chi connectivity index (χ0) is 17.3. The Kier molecular flexibility index (Phi) is 5.27. The van der Waals surface area contributed by atoms with E-state index in [1.165, 1.54) is 11.8 Å². The summed E-state index contributed by atoms with van der Waals surface area (Å²) in [5, 5.41) is 0. The molecule has 3 nitrogen and oxygen atoms in total. The van der Waals surface area contributed by atoms with E-state index >= 15 is 0 Å². The van der Waals surface area contributed by atoms with Crippen molar-refractivity contribution in [3.63, 3.8) is 0 Å². The molecule has 1 saturated heterocycles. The fourth-order valence-electron chi connectivity index (χ4n) is 2.40. The number of carbonyl (C=O) groups is 1. The van der Waals surface area contributed by atoms with E-state index in [1.54, 1.807) is 11.0 Å². The van der Waals surface area contributed by atoms with Gasteiger partial charge in [-0.2, -0.15) is 0 Å². The number of hydrogen-bond acceptors (Lipinski definition) is 4. The summed E-state index contributed by atoms with van der Waals surface area (Å²) >= 11 is 10.1. The Labute approximate surface area is 159 Å². The molecule has 1 aromatic heterocycles. The highest BCUT2D eigenvalue weighted by Gasteiger charge is 2.34. The minimum absolute atomic E-state index is 0.0419. The first kappa shape index (κ1) is 17.5. The predicted molar refractivity (Wildman–Crippen MR) is 107 cm³/mol. The fraction of sp³-hybridized carbons (Fsp3) is 0.222. The van der Waals surface area contributed by atoms with Gasteiger partial charge in [0, 0.05) is 22.2 Å². The van der Waals surface area contributed by atoms with Gasteiger partial charge in [0.2, 0.25) is 0 Å². The van der Waals surface area contributed by atoms with Gasteiger partial charge in [0.25, 0.3) is 5.91 Å². The quantitative estimate of drug-likeness (QED) is 0.467. The van der Waals surface area contributed by atoms with E-state index < -0.39 is 0 Å². The van der Waals surface area contributed by atoms with Crippen molar-refractivity contribution in [3.05, 3.63) is 51.5 Å². The number of halogens is 1. The zero-order valence-corrected chi connectivity index (χ0v) is 16.5. The number of benzene rings is 1. The maximum absolute atomic E-state index is 12.5. The second-order valence-corrected chi connectivity index (χ2v) is 8.11. The standard InChI is InChI=1S/C18H16BrNO2S2/c1-3-11(2)20-17(21)16(24-18(20)23)10-14-7-8-15(22-14)12-5-4-6-13(19)9-12/h4-11H,3H2,1-2H3. The number of nitrogens with zero attached hydrogens (tertiary/aromatic N) is 1. The molecule has 1 unspecified atom stereocenters. The molecule has 0 N–H and O–H groups in total. The third kappa shape index (κ3) is 3.50. The molecule has 2 aromatic rings. The smallest absolute Gasteiger partial charge is 0.266 e. The Hall–Kier alpha value is -1.37. The second kappa shape index (κ2) is 7.25. The number of furan rings is 1. The molecule has 0 saturated carbocycles. The molecule has 0 aliphatic carbocycles. The van der Waals surface area contributed by atoms with Gasteiger partial charge in [-0.1, -0.05) is 59.0 Å². The average Bonchev–Trinajstić information content (AvgIpc) is 3.12. The van der Waals surface area contributed by atoms with Crippen LogP contribution in [-0.2, 0) is 4.79 Å². The van der Waals surface area contributed by atoms with Crippen molar-refractivity contribution >= 4 is 56.2 Å². The van der Waals surface area contributed by atoms with Gasteiger partial charge in [-0.3, -0.25) is 9.69 Å². The fourth-order valence-corrected chi connectivity index (χ4v) is 4.24. The van der Waals surface area contributed by atoms with Gasteiger partial charge in [0.1, 0.15) is 15.8 Å². The van der Waals surface area contributed by atoms with E-state index in [-0.39, 0.29) is 11.9 Å². The Balaban J connectivity index is 1.85. The van der Waals surface area contributed by atoms with Gasteiger partial charge in [-0.05, 0) is 37.6 Å². The molecule has 3 rings (SSSR count). The van der Waals surface area contributed by atoms with E-state index in [0.29, 0.717) is 15.0 Å². The Morgan fingerprint density at radius 1 is 1.38 bits per heavy atom. The van der Waals surface area contributed by atoms with Gasteiger partial charge in [0.05, 0.1) is 4.91 Å². The van der Waals surface area contributed by atoms with Crippen LogP contribution in [0.2, 0.25) is 0 Å². The molecule has 1 aliphatic rings. The molecular formula is C18H16BrNO2S2. The van der Waals surface area contributed by atoms with E-state index in [9.17, 15) is 4.79 Å². The van der Waals surface area contributed by atoms with Gasteiger partial charge < -0.3 is 4.42 Å². The second-order valence-electron chi connectivity index (χ2n) is 5.52. The van der Waals surface area contributed by atoms with Gasteiger partial charge >= 0.3 is 0 Å². The van der Waals surface area contributed by atoms with Crippen molar-refractivity contribution in [1.82, 2.24) is 4.90 Å². The van der Waals surface area contributed by atoms with Crippen LogP contribution in [0.3, 0.4) is 0 Å². The molecule has 1 amide bonds. The predicted octanol–water partition coefficient (Wildman–Crippen LogP) is 5.71. The summed E-state index contributed by atoms with van der Waals surface area (Å²) in [6.07, 6.45) is 2.64. The van der Waals surface area contributed by atoms with E-state index in [2.05, 4.69) is 15.9 Å². The van der Waals surface area contributed by atoms with Crippen LogP contribution < -0.4 is 0 Å². The van der Waals surface area contributed by atoms with Crippen molar-refractivity contribution in [2.24, 2.45) is 0 Å². The third-order valence-corrected chi connectivity index (χ3v) is 5.69. The molecule has 1 fully saturated rings. The monoisotopic (exact) mass is 421 g/mol. The van der Waals surface area contributed by atoms with Crippen molar-refractivity contribution in [2.45, 2.75) is 26.3 Å². The molecule has 1 aliphatic heterocycles. The van der Waals surface area contributed by atoms with Crippen molar-refractivity contribution in [3.8, 4) is 11.3 Å². The first-order chi connectivity index (χ1) is 11.5. The van der Waals surface area contributed by atoms with Crippen molar-refractivity contribution in [2.75, 3.05) is 0 Å². The van der Waals surface area contributed by atoms with Crippen LogP contribution in [0.25, 0.3) is 17.4 Å². The number of rotatable bonds is 4. The zero-order valence-electron chi connectivity index (χ0n) is 13.3. The van der Waals surface area contributed by atoms with E-state index in [1.807, 2.05) is 50.2 Å². The molecular weight excluding hydrogens is 406 g/mol. The highest BCUT2D eigenvalue weighted by molar-refractivity contribution is 9.10. The SMILES string of the molecule is CCC(C)N1C(=O)C(=Cc2ccc(-c3cccc(Br)c3)o2)SC1=S. The number of amides is 1. The molecule has 124 valence electrons. The molecule has 0 spiro atoms. The largest absolute Gasteiger partial charge is 0.457 e. The Bertz CT molecular complexity index is 828. The van der Waals surface area contributed by atoms with Crippen LogP contribution in [-0.4, -0.2) is 21.2 Å². The Morgan fingerprint density at radius 3 is 2.88 bits per heavy atom. The van der Waals surface area contributed by atoms with Crippen LogP contribution in [0.5, 0.6) is 0 Å². The lowest BCUT2D eigenvalue weighted by atomic mass is 10.2. The summed E-state index contributed by atoms with van der Waals surface area (Å²) in [5.74, 6) is 1.37. The molecule has 24 heavy (non-hydrogen) atoms. The number of carbonyl (C=O) groups excluding carboxylic acids is 1. The minimum atomic E-state index is -0.0419. The van der Waals surface area contributed by atoms with E-state index in [0.717, 1.165) is 22.2 Å². The molecule has 1 aromatic carbocycles. The molecule has 0 radical (unpaired) electrons. The lowest BCUT2D eigenvalue weighted by Gasteiger charge is -2.21. The van der Waals surface area contributed by atoms with Gasteiger partial charge in [0.15, 0.2) is 0 Å². The number of thiocarbonyl (C=S) groups is 1. The Morgan fingerprint density at radius 2 is 2.17 bits per heavy atom. The maximum Gasteiger partial charge on any atom is 0.266 e. The van der Waals surface area contributed by atoms with Crippen LogP contribution in [0.15, 0.2) is 50.2 Å². The third-order valence-electron chi connectivity index (χ3n) is 3.86. The lowest BCUT2D eigenvalue weighted by Crippen LogP contribution is -2.36. The summed E-state index contributed by atoms with van der Waals surface area (Å²) in [7, 11) is 0. The topological polar surface area (TPSA) is 33.5 Å². The average molecular weight is 422 g/mol. The van der Waals surface area contributed by atoms with Crippen LogP contribution in [0.4, 0.5) is 0 Å². The summed E-state index contributed by atoms with van der Waals surface area (Å²) in [6, 6.07) is 11.8. The van der Waals surface area contributed by atoms with Crippen molar-refractivity contribution < 1.29 is 9.21 Å². The summed E-state index contributed by atoms with van der Waals surface area (Å²) in [4.78, 5) is 14.8. The van der Waals surface area contributed by atoms with Crippen LogP contribution in [0.1, 0.15) is 26.0 Å². The summed E-state index contributed by atoms with van der Waals surface area (Å²) in [6.45, 7) is 4.05. The van der Waals surface area contributed by atoms with Crippen molar-refractivity contribution in [1.29, 1.82) is 0 Å². The minimum Gasteiger partial charge on any atom is -0.457 e. The van der Waals surface area contributed by atoms with E-state index in [4.69, 9.17) is 16.6 Å². The first-order valence-electron chi connectivity index (χ1n) is 7.62. The maximum atomic E-state index is 12.5. The summed E-state index contributed by atoms with van der Waals surface area (Å²) in [5.41, 5.74) is 0.983. The normalized spacial score (nSPS) is 17.8. The first-order valence-corrected chi connectivity index (χ1v) is 9.64. The van der Waals surface area contributed by atoms with Gasteiger partial charge in [-0.25, -0.2) is 0 Å². The number of hydrogen-bond donors (Lipinski definition) is 0.